The van der Waals surface area contributed by atoms with Crippen LogP contribution in [0.15, 0.2) is 0 Å². The predicted octanol–water partition coefficient (Wildman–Crippen LogP) is 2.50. The molecule has 142 valence electrons. The van der Waals surface area contributed by atoms with Gasteiger partial charge in [0.15, 0.2) is 6.29 Å². The highest BCUT2D eigenvalue weighted by molar-refractivity contribution is 5.72. The van der Waals surface area contributed by atoms with Crippen molar-refractivity contribution in [3.63, 3.8) is 0 Å². The van der Waals surface area contributed by atoms with Gasteiger partial charge in [0, 0.05) is 39.7 Å². The molecule has 0 aromatic heterocycles. The van der Waals surface area contributed by atoms with E-state index in [1.807, 2.05) is 0 Å². The third-order valence-electron chi connectivity index (χ3n) is 4.41. The zero-order chi connectivity index (χ0) is 17.9. The summed E-state index contributed by atoms with van der Waals surface area (Å²) in [5.41, 5.74) is 0. The average Bonchev–Trinajstić information content (AvgIpc) is 2.56. The van der Waals surface area contributed by atoms with E-state index in [4.69, 9.17) is 18.9 Å². The normalized spacial score (nSPS) is 30.3. The first-order valence-electron chi connectivity index (χ1n) is 9.20. The van der Waals surface area contributed by atoms with Crippen molar-refractivity contribution in [2.24, 2.45) is 5.92 Å². The predicted molar refractivity (Wildman–Crippen MR) is 92.8 cm³/mol. The van der Waals surface area contributed by atoms with Crippen LogP contribution in [-0.4, -0.2) is 57.4 Å². The van der Waals surface area contributed by atoms with Gasteiger partial charge < -0.3 is 24.3 Å². The summed E-state index contributed by atoms with van der Waals surface area (Å²) in [6.45, 7) is 9.69. The molecule has 0 bridgehead atoms. The van der Waals surface area contributed by atoms with Crippen LogP contribution in [0.4, 0.5) is 0 Å². The van der Waals surface area contributed by atoms with Gasteiger partial charge >= 0.3 is 0 Å². The van der Waals surface area contributed by atoms with Crippen LogP contribution < -0.4 is 5.32 Å². The maximum Gasteiger partial charge on any atom is 0.216 e. The number of rotatable bonds is 11. The summed E-state index contributed by atoms with van der Waals surface area (Å²) in [7, 11) is 1.62. The van der Waals surface area contributed by atoms with Crippen molar-refractivity contribution in [3.8, 4) is 0 Å². The molecule has 1 rings (SSSR count). The largest absolute Gasteiger partial charge is 0.375 e. The van der Waals surface area contributed by atoms with Crippen LogP contribution in [0.1, 0.15) is 53.4 Å². The van der Waals surface area contributed by atoms with Crippen molar-refractivity contribution < 1.29 is 23.7 Å². The van der Waals surface area contributed by atoms with E-state index in [-0.39, 0.29) is 30.1 Å². The molecule has 1 amide bonds. The lowest BCUT2D eigenvalue weighted by molar-refractivity contribution is -0.292. The van der Waals surface area contributed by atoms with Crippen LogP contribution in [0, 0.1) is 5.92 Å². The maximum absolute atomic E-state index is 11.2. The molecule has 5 atom stereocenters. The van der Waals surface area contributed by atoms with Gasteiger partial charge in [0.25, 0.3) is 0 Å². The number of amides is 1. The van der Waals surface area contributed by atoms with E-state index >= 15 is 0 Å². The zero-order valence-corrected chi connectivity index (χ0v) is 15.9. The van der Waals surface area contributed by atoms with E-state index in [1.54, 1.807) is 7.11 Å². The van der Waals surface area contributed by atoms with Gasteiger partial charge in [-0.15, -0.1) is 0 Å². The average molecular weight is 345 g/mol. The van der Waals surface area contributed by atoms with Gasteiger partial charge in [-0.05, 0) is 12.8 Å². The van der Waals surface area contributed by atoms with Crippen LogP contribution in [0.3, 0.4) is 0 Å². The molecule has 1 heterocycles. The number of hydrogen-bond donors (Lipinski definition) is 1. The standard InChI is InChI=1S/C18H35NO5/c1-6-8-10-22-16-13(3)15(12-19-14(4)20)24-18(21-5)17(16)23-11-9-7-2/h13,15-18H,6-12H2,1-5H3,(H,19,20). The van der Waals surface area contributed by atoms with Crippen molar-refractivity contribution in [3.05, 3.63) is 0 Å². The molecule has 0 aromatic carbocycles. The van der Waals surface area contributed by atoms with Crippen LogP contribution in [0.25, 0.3) is 0 Å². The number of nitrogens with one attached hydrogen (secondary N) is 1. The molecule has 6 nitrogen and oxygen atoms in total. The minimum absolute atomic E-state index is 0.0652. The summed E-state index contributed by atoms with van der Waals surface area (Å²) in [5.74, 6) is 0.0382. The fourth-order valence-electron chi connectivity index (χ4n) is 2.85. The third-order valence-corrected chi connectivity index (χ3v) is 4.41. The molecule has 5 unspecified atom stereocenters. The van der Waals surface area contributed by atoms with Crippen LogP contribution >= 0.6 is 0 Å². The number of ether oxygens (including phenoxy) is 4. The maximum atomic E-state index is 11.2. The number of methoxy groups -OCH3 is 1. The minimum Gasteiger partial charge on any atom is -0.375 e. The molecule has 1 fully saturated rings. The third kappa shape index (κ3) is 6.67. The first-order valence-corrected chi connectivity index (χ1v) is 9.20. The molecular weight excluding hydrogens is 310 g/mol. The molecule has 6 heteroatoms. The van der Waals surface area contributed by atoms with E-state index in [0.717, 1.165) is 25.7 Å². The zero-order valence-electron chi connectivity index (χ0n) is 15.9. The van der Waals surface area contributed by atoms with Crippen LogP contribution in [-0.2, 0) is 23.7 Å². The number of unbranched alkanes of at least 4 members (excludes halogenated alkanes) is 2. The second-order valence-corrected chi connectivity index (χ2v) is 6.45. The Labute approximate surface area is 146 Å². The molecule has 0 aromatic rings. The lowest BCUT2D eigenvalue weighted by Gasteiger charge is -2.44. The Balaban J connectivity index is 2.79. The lowest BCUT2D eigenvalue weighted by Crippen LogP contribution is -2.58. The molecule has 0 spiro atoms. The number of hydrogen-bond acceptors (Lipinski definition) is 5. The van der Waals surface area contributed by atoms with Crippen LogP contribution in [0.2, 0.25) is 0 Å². The van der Waals surface area contributed by atoms with E-state index in [2.05, 4.69) is 26.1 Å². The second kappa shape index (κ2) is 11.8. The van der Waals surface area contributed by atoms with Crippen LogP contribution in [0.5, 0.6) is 0 Å². The first kappa shape index (κ1) is 21.4. The second-order valence-electron chi connectivity index (χ2n) is 6.45. The molecule has 0 radical (unpaired) electrons. The Kier molecular flexibility index (Phi) is 10.5. The highest BCUT2D eigenvalue weighted by atomic mass is 16.7. The van der Waals surface area contributed by atoms with Gasteiger partial charge in [-0.1, -0.05) is 33.6 Å². The quantitative estimate of drug-likeness (QED) is 0.583. The molecule has 1 N–H and O–H groups in total. The highest BCUT2D eigenvalue weighted by Crippen LogP contribution is 2.31. The van der Waals surface area contributed by atoms with Crippen molar-refractivity contribution in [1.29, 1.82) is 0 Å². The molecule has 0 saturated carbocycles. The topological polar surface area (TPSA) is 66.0 Å². The molecule has 1 saturated heterocycles. The summed E-state index contributed by atoms with van der Waals surface area (Å²) in [6.07, 6.45) is 3.18. The van der Waals surface area contributed by atoms with Gasteiger partial charge in [-0.25, -0.2) is 0 Å². The fourth-order valence-corrected chi connectivity index (χ4v) is 2.85. The van der Waals surface area contributed by atoms with Gasteiger partial charge in [-0.2, -0.15) is 0 Å². The van der Waals surface area contributed by atoms with E-state index in [1.165, 1.54) is 6.92 Å². The Morgan fingerprint density at radius 1 is 1.08 bits per heavy atom. The van der Waals surface area contributed by atoms with Crippen molar-refractivity contribution >= 4 is 5.91 Å². The van der Waals surface area contributed by atoms with E-state index in [0.29, 0.717) is 19.8 Å². The number of carbonyl (C=O) groups is 1. The molecule has 24 heavy (non-hydrogen) atoms. The summed E-state index contributed by atoms with van der Waals surface area (Å²) < 4.78 is 23.8. The Morgan fingerprint density at radius 2 is 1.67 bits per heavy atom. The fraction of sp³-hybridized carbons (Fsp3) is 0.944. The molecule has 1 aliphatic rings. The highest BCUT2D eigenvalue weighted by Gasteiger charge is 2.45. The van der Waals surface area contributed by atoms with Gasteiger partial charge in [-0.3, -0.25) is 4.79 Å². The van der Waals surface area contributed by atoms with Crippen molar-refractivity contribution in [1.82, 2.24) is 5.32 Å². The number of carbonyl (C=O) groups excluding carboxylic acids is 1. The van der Waals surface area contributed by atoms with Gasteiger partial charge in [0.2, 0.25) is 5.91 Å². The van der Waals surface area contributed by atoms with Gasteiger partial charge in [0.05, 0.1) is 12.2 Å². The SMILES string of the molecule is CCCCOC1C(OC)OC(CNC(C)=O)C(C)C1OCCCC. The summed E-state index contributed by atoms with van der Waals surface area (Å²) in [6, 6.07) is 0. The van der Waals surface area contributed by atoms with E-state index < -0.39 is 6.29 Å². The van der Waals surface area contributed by atoms with E-state index in [9.17, 15) is 4.79 Å². The summed E-state index contributed by atoms with van der Waals surface area (Å²) in [5, 5.41) is 2.83. The minimum atomic E-state index is -0.483. The van der Waals surface area contributed by atoms with Crippen molar-refractivity contribution in [2.45, 2.75) is 78.0 Å². The summed E-state index contributed by atoms with van der Waals surface area (Å²) >= 11 is 0. The molecular formula is C18H35NO5. The Bertz CT molecular complexity index is 352. The first-order chi connectivity index (χ1) is 11.5. The molecule has 0 aliphatic carbocycles. The Hall–Kier alpha value is -0.690. The smallest absolute Gasteiger partial charge is 0.216 e. The van der Waals surface area contributed by atoms with Gasteiger partial charge in [0.1, 0.15) is 6.10 Å². The van der Waals surface area contributed by atoms with Crippen molar-refractivity contribution in [2.75, 3.05) is 26.9 Å². The Morgan fingerprint density at radius 3 is 2.17 bits per heavy atom. The summed E-state index contributed by atoms with van der Waals surface area (Å²) in [4.78, 5) is 11.2. The molecule has 1 aliphatic heterocycles. The lowest BCUT2D eigenvalue weighted by atomic mass is 9.90. The monoisotopic (exact) mass is 345 g/mol.